The van der Waals surface area contributed by atoms with Crippen LogP contribution in [0, 0.1) is 6.92 Å². The molecule has 4 heteroatoms. The van der Waals surface area contributed by atoms with Crippen LogP contribution in [0.1, 0.15) is 60.3 Å². The van der Waals surface area contributed by atoms with Crippen molar-refractivity contribution in [3.63, 3.8) is 0 Å². The monoisotopic (exact) mass is 364 g/mol. The van der Waals surface area contributed by atoms with E-state index in [2.05, 4.69) is 30.1 Å². The first kappa shape index (κ1) is 18.2. The quantitative estimate of drug-likeness (QED) is 0.787. The number of ether oxygens (including phenoxy) is 1. The third-order valence-electron chi connectivity index (χ3n) is 5.45. The third-order valence-corrected chi connectivity index (χ3v) is 5.45. The fourth-order valence-electron chi connectivity index (χ4n) is 4.35. The molecule has 0 saturated carbocycles. The Kier molecular flexibility index (Phi) is 4.57. The van der Waals surface area contributed by atoms with Crippen molar-refractivity contribution < 1.29 is 9.53 Å². The molecule has 0 aliphatic carbocycles. The van der Waals surface area contributed by atoms with Gasteiger partial charge in [0.2, 0.25) is 0 Å². The highest BCUT2D eigenvalue weighted by atomic mass is 16.5. The summed E-state index contributed by atoms with van der Waals surface area (Å²) in [5, 5.41) is 4.10. The highest BCUT2D eigenvalue weighted by Gasteiger charge is 2.47. The van der Waals surface area contributed by atoms with E-state index in [1.165, 1.54) is 16.7 Å². The van der Waals surface area contributed by atoms with Crippen LogP contribution in [0.4, 0.5) is 0 Å². The van der Waals surface area contributed by atoms with E-state index in [1.54, 1.807) is 0 Å². The van der Waals surface area contributed by atoms with Crippen molar-refractivity contribution >= 4 is 5.91 Å². The molecule has 0 spiro atoms. The number of carbonyl (C=O) groups is 1. The molecule has 4 nitrogen and oxygen atoms in total. The Balaban J connectivity index is 1.73. The van der Waals surface area contributed by atoms with Crippen LogP contribution in [0.2, 0.25) is 0 Å². The van der Waals surface area contributed by atoms with Crippen molar-refractivity contribution in [1.82, 2.24) is 10.0 Å². The zero-order valence-electron chi connectivity index (χ0n) is 16.6. The van der Waals surface area contributed by atoms with Crippen molar-refractivity contribution in [2.75, 3.05) is 6.54 Å². The van der Waals surface area contributed by atoms with Gasteiger partial charge in [0, 0.05) is 18.5 Å². The molecule has 2 atom stereocenters. The van der Waals surface area contributed by atoms with E-state index < -0.39 is 0 Å². The van der Waals surface area contributed by atoms with Crippen LogP contribution in [-0.4, -0.2) is 34.3 Å². The number of nitrogens with zero attached hydrogens (tertiary/aromatic N) is 2. The average molecular weight is 364 g/mol. The molecule has 27 heavy (non-hydrogen) atoms. The van der Waals surface area contributed by atoms with Crippen LogP contribution in [0.15, 0.2) is 48.5 Å². The minimum atomic E-state index is -0.316. The predicted octanol–water partition coefficient (Wildman–Crippen LogP) is 4.50. The van der Waals surface area contributed by atoms with Crippen LogP contribution in [0.3, 0.4) is 0 Å². The smallest absolute Gasteiger partial charge is 0.270 e. The Bertz CT molecular complexity index is 841. The molecule has 2 aliphatic rings. The van der Waals surface area contributed by atoms with Crippen LogP contribution in [0.25, 0.3) is 0 Å². The number of benzene rings is 2. The molecule has 2 aromatic rings. The van der Waals surface area contributed by atoms with Gasteiger partial charge in [-0.05, 0) is 62.9 Å². The Labute approximate surface area is 161 Å². The van der Waals surface area contributed by atoms with E-state index in [4.69, 9.17) is 4.74 Å². The molecule has 0 bridgehead atoms. The number of fused-ring (bicyclic) bond motifs is 3. The maximum absolute atomic E-state index is 13.4. The molecular weight excluding hydrogens is 336 g/mol. The van der Waals surface area contributed by atoms with Gasteiger partial charge in [0.05, 0.1) is 11.6 Å². The second-order valence-electron chi connectivity index (χ2n) is 8.51. The molecule has 0 aromatic heterocycles. The minimum absolute atomic E-state index is 0.0171. The summed E-state index contributed by atoms with van der Waals surface area (Å²) in [6.07, 6.45) is 1.50. The molecule has 0 N–H and O–H groups in total. The van der Waals surface area contributed by atoms with Gasteiger partial charge in [-0.2, -0.15) is 0 Å². The summed E-state index contributed by atoms with van der Waals surface area (Å²) in [6, 6.07) is 16.2. The molecule has 1 amide bonds. The van der Waals surface area contributed by atoms with Gasteiger partial charge in [-0.1, -0.05) is 36.4 Å². The molecular formula is C23H28N2O2. The van der Waals surface area contributed by atoms with E-state index in [0.717, 1.165) is 19.4 Å². The molecule has 142 valence electrons. The third kappa shape index (κ3) is 3.40. The number of carbonyl (C=O) groups excluding carboxylic acids is 1. The molecule has 0 radical (unpaired) electrons. The standard InChI is InChI=1S/C23H28N2O2/c1-16-9-8-12-19-18(16)13-14-24-20(19)15-21(27-23(2,3)4)25(24)22(26)17-10-6-5-7-11-17/h5-12,20-21H,13-15H2,1-4H3/t20-,21+/m1/s1. The van der Waals surface area contributed by atoms with Crippen molar-refractivity contribution in [2.45, 2.75) is 58.4 Å². The van der Waals surface area contributed by atoms with Gasteiger partial charge >= 0.3 is 0 Å². The number of hydrogen-bond acceptors (Lipinski definition) is 3. The molecule has 2 aromatic carbocycles. The Hall–Kier alpha value is -2.17. The molecule has 0 unspecified atom stereocenters. The molecule has 1 saturated heterocycles. The summed E-state index contributed by atoms with van der Waals surface area (Å²) in [6.45, 7) is 9.17. The highest BCUT2D eigenvalue weighted by Crippen LogP contribution is 2.43. The lowest BCUT2D eigenvalue weighted by Crippen LogP contribution is -2.50. The van der Waals surface area contributed by atoms with Gasteiger partial charge in [-0.15, -0.1) is 0 Å². The second-order valence-corrected chi connectivity index (χ2v) is 8.51. The van der Waals surface area contributed by atoms with Gasteiger partial charge in [0.1, 0.15) is 6.23 Å². The number of aryl methyl sites for hydroxylation is 1. The van der Waals surface area contributed by atoms with Crippen LogP contribution < -0.4 is 0 Å². The lowest BCUT2D eigenvalue weighted by molar-refractivity contribution is -0.146. The largest absolute Gasteiger partial charge is 0.351 e. The lowest BCUT2D eigenvalue weighted by Gasteiger charge is -2.39. The number of hydrogen-bond donors (Lipinski definition) is 0. The molecule has 2 aliphatic heterocycles. The van der Waals surface area contributed by atoms with Crippen LogP contribution in [-0.2, 0) is 11.2 Å². The first-order valence-corrected chi connectivity index (χ1v) is 9.76. The van der Waals surface area contributed by atoms with Gasteiger partial charge in [-0.25, -0.2) is 10.0 Å². The summed E-state index contributed by atoms with van der Waals surface area (Å²) in [7, 11) is 0. The van der Waals surface area contributed by atoms with Crippen molar-refractivity contribution in [3.05, 3.63) is 70.8 Å². The predicted molar refractivity (Wildman–Crippen MR) is 106 cm³/mol. The van der Waals surface area contributed by atoms with Crippen molar-refractivity contribution in [2.24, 2.45) is 0 Å². The number of rotatable bonds is 2. The van der Waals surface area contributed by atoms with Crippen LogP contribution in [0.5, 0.6) is 0 Å². The summed E-state index contributed by atoms with van der Waals surface area (Å²) >= 11 is 0. The normalized spacial score (nSPS) is 22.4. The van der Waals surface area contributed by atoms with Crippen LogP contribution >= 0.6 is 0 Å². The topological polar surface area (TPSA) is 32.8 Å². The maximum Gasteiger partial charge on any atom is 0.270 e. The van der Waals surface area contributed by atoms with Gasteiger partial charge in [-0.3, -0.25) is 4.79 Å². The summed E-state index contributed by atoms with van der Waals surface area (Å²) in [5.74, 6) is 0.0171. The van der Waals surface area contributed by atoms with Gasteiger partial charge in [0.25, 0.3) is 5.91 Å². The molecule has 4 rings (SSSR count). The average Bonchev–Trinajstić information content (AvgIpc) is 2.98. The summed E-state index contributed by atoms with van der Waals surface area (Å²) in [4.78, 5) is 13.4. The molecule has 2 heterocycles. The Morgan fingerprint density at radius 3 is 2.52 bits per heavy atom. The minimum Gasteiger partial charge on any atom is -0.351 e. The summed E-state index contributed by atoms with van der Waals surface area (Å²) in [5.41, 5.74) is 4.50. The lowest BCUT2D eigenvalue weighted by atomic mass is 9.89. The molecule has 1 fully saturated rings. The number of hydrazine groups is 1. The van der Waals surface area contributed by atoms with Gasteiger partial charge < -0.3 is 4.74 Å². The first-order valence-electron chi connectivity index (χ1n) is 9.76. The zero-order chi connectivity index (χ0) is 19.2. The number of amides is 1. The van der Waals surface area contributed by atoms with E-state index in [1.807, 2.05) is 56.1 Å². The SMILES string of the molecule is Cc1cccc2c1CCN1[C@@H]2C[C@H](OC(C)(C)C)N1C(=O)c1ccccc1. The van der Waals surface area contributed by atoms with E-state index in [-0.39, 0.29) is 23.8 Å². The highest BCUT2D eigenvalue weighted by molar-refractivity contribution is 5.94. The fraction of sp³-hybridized carbons (Fsp3) is 0.435. The summed E-state index contributed by atoms with van der Waals surface area (Å²) < 4.78 is 6.35. The maximum atomic E-state index is 13.4. The Morgan fingerprint density at radius 2 is 1.81 bits per heavy atom. The van der Waals surface area contributed by atoms with E-state index >= 15 is 0 Å². The van der Waals surface area contributed by atoms with Crippen molar-refractivity contribution in [3.8, 4) is 0 Å². The first-order chi connectivity index (χ1) is 12.8. The van der Waals surface area contributed by atoms with Crippen molar-refractivity contribution in [1.29, 1.82) is 0 Å². The van der Waals surface area contributed by atoms with E-state index in [0.29, 0.717) is 5.56 Å². The zero-order valence-corrected chi connectivity index (χ0v) is 16.6. The van der Waals surface area contributed by atoms with E-state index in [9.17, 15) is 4.79 Å². The van der Waals surface area contributed by atoms with Gasteiger partial charge in [0.15, 0.2) is 0 Å². The Morgan fingerprint density at radius 1 is 1.07 bits per heavy atom. The second kappa shape index (κ2) is 6.77. The fourth-order valence-corrected chi connectivity index (χ4v) is 4.35.